The Bertz CT molecular complexity index is 565. The van der Waals surface area contributed by atoms with Gasteiger partial charge in [0.05, 0.1) is 10.1 Å². The molecule has 0 spiro atoms. The molecule has 0 saturated heterocycles. The molecule has 0 aliphatic heterocycles. The monoisotopic (exact) mass is 297 g/mol. The van der Waals surface area contributed by atoms with Gasteiger partial charge in [0.15, 0.2) is 5.69 Å². The number of fused-ring (bicyclic) bond motifs is 1. The molecule has 0 saturated carbocycles. The van der Waals surface area contributed by atoms with Gasteiger partial charge in [-0.3, -0.25) is 4.40 Å². The van der Waals surface area contributed by atoms with E-state index in [0.717, 1.165) is 16.8 Å². The van der Waals surface area contributed by atoms with E-state index >= 15 is 0 Å². The molecule has 90 valence electrons. The van der Waals surface area contributed by atoms with Crippen molar-refractivity contribution in [2.45, 2.75) is 12.8 Å². The van der Waals surface area contributed by atoms with Crippen molar-refractivity contribution in [3.63, 3.8) is 0 Å². The largest absolute Gasteiger partial charge is 0.476 e. The Morgan fingerprint density at radius 1 is 1.53 bits per heavy atom. The van der Waals surface area contributed by atoms with Crippen molar-refractivity contribution in [3.05, 3.63) is 34.3 Å². The summed E-state index contributed by atoms with van der Waals surface area (Å²) >= 11 is 3.40. The maximum absolute atomic E-state index is 11.1. The minimum atomic E-state index is -1.01. The summed E-state index contributed by atoms with van der Waals surface area (Å²) in [5.41, 5.74) is 6.14. The number of rotatable bonds is 4. The minimum absolute atomic E-state index is 0.0818. The predicted octanol–water partition coefficient (Wildman–Crippen LogP) is 1.69. The zero-order chi connectivity index (χ0) is 12.4. The van der Waals surface area contributed by atoms with E-state index < -0.39 is 5.97 Å². The highest BCUT2D eigenvalue weighted by Gasteiger charge is 2.17. The molecule has 17 heavy (non-hydrogen) atoms. The Labute approximate surface area is 106 Å². The lowest BCUT2D eigenvalue weighted by atomic mass is 10.3. The van der Waals surface area contributed by atoms with Crippen LogP contribution < -0.4 is 5.73 Å². The van der Waals surface area contributed by atoms with Gasteiger partial charge in [-0.1, -0.05) is 6.07 Å². The highest BCUT2D eigenvalue weighted by atomic mass is 79.9. The lowest BCUT2D eigenvalue weighted by Crippen LogP contribution is -2.03. The van der Waals surface area contributed by atoms with Crippen LogP contribution in [0.15, 0.2) is 22.8 Å². The van der Waals surface area contributed by atoms with Gasteiger partial charge in [-0.25, -0.2) is 9.78 Å². The molecule has 0 aliphatic carbocycles. The number of hydrogen-bond donors (Lipinski definition) is 2. The zero-order valence-corrected chi connectivity index (χ0v) is 10.6. The van der Waals surface area contributed by atoms with Gasteiger partial charge >= 0.3 is 5.97 Å². The van der Waals surface area contributed by atoms with Crippen LogP contribution in [0.4, 0.5) is 0 Å². The molecule has 6 heteroatoms. The minimum Gasteiger partial charge on any atom is -0.476 e. The summed E-state index contributed by atoms with van der Waals surface area (Å²) in [7, 11) is 0. The number of halogens is 1. The molecule has 2 rings (SSSR count). The van der Waals surface area contributed by atoms with Crippen LogP contribution in [0.5, 0.6) is 0 Å². The van der Waals surface area contributed by atoms with Crippen molar-refractivity contribution < 1.29 is 9.90 Å². The molecule has 0 amide bonds. The van der Waals surface area contributed by atoms with Crippen molar-refractivity contribution in [2.24, 2.45) is 5.73 Å². The number of hydrogen-bond acceptors (Lipinski definition) is 3. The Morgan fingerprint density at radius 3 is 2.94 bits per heavy atom. The number of carboxylic acid groups (broad SMARTS) is 1. The number of nitrogens with zero attached hydrogens (tertiary/aromatic N) is 2. The van der Waals surface area contributed by atoms with Gasteiger partial charge in [0.25, 0.3) is 0 Å². The average Bonchev–Trinajstić information content (AvgIpc) is 2.67. The van der Waals surface area contributed by atoms with E-state index in [4.69, 9.17) is 10.8 Å². The van der Waals surface area contributed by atoms with Crippen LogP contribution in [0.1, 0.15) is 22.7 Å². The molecule has 0 fully saturated rings. The standard InChI is InChI=1S/C11H12BrN3O2/c12-8-4-1-3-7-10(11(16)17)14-9(15(7)8)5-2-6-13/h1,3-4H,2,5-6,13H2,(H,16,17). The Kier molecular flexibility index (Phi) is 3.44. The molecule has 2 aromatic rings. The van der Waals surface area contributed by atoms with Crippen LogP contribution in [0, 0.1) is 0 Å². The van der Waals surface area contributed by atoms with Crippen molar-refractivity contribution in [2.75, 3.05) is 6.54 Å². The number of aryl methyl sites for hydroxylation is 1. The summed E-state index contributed by atoms with van der Waals surface area (Å²) in [6, 6.07) is 5.39. The maximum Gasteiger partial charge on any atom is 0.356 e. The van der Waals surface area contributed by atoms with E-state index in [1.165, 1.54) is 0 Å². The lowest BCUT2D eigenvalue weighted by molar-refractivity contribution is 0.0693. The summed E-state index contributed by atoms with van der Waals surface area (Å²) in [4.78, 5) is 15.3. The highest BCUT2D eigenvalue weighted by molar-refractivity contribution is 9.10. The van der Waals surface area contributed by atoms with E-state index in [2.05, 4.69) is 20.9 Å². The van der Waals surface area contributed by atoms with Crippen LogP contribution in [0.3, 0.4) is 0 Å². The molecule has 0 radical (unpaired) electrons. The first-order valence-electron chi connectivity index (χ1n) is 5.24. The molecule has 0 aliphatic rings. The van der Waals surface area contributed by atoms with Gasteiger partial charge in [0.1, 0.15) is 5.82 Å². The first kappa shape index (κ1) is 12.1. The molecule has 0 atom stereocenters. The van der Waals surface area contributed by atoms with E-state index in [0.29, 0.717) is 18.5 Å². The summed E-state index contributed by atoms with van der Waals surface area (Å²) < 4.78 is 2.60. The molecule has 0 unspecified atom stereocenters. The third-order valence-corrected chi connectivity index (χ3v) is 3.11. The van der Waals surface area contributed by atoms with E-state index in [-0.39, 0.29) is 5.69 Å². The molecule has 2 heterocycles. The highest BCUT2D eigenvalue weighted by Crippen LogP contribution is 2.20. The second-order valence-electron chi connectivity index (χ2n) is 3.64. The fraction of sp³-hybridized carbons (Fsp3) is 0.273. The molecule has 0 aromatic carbocycles. The van der Waals surface area contributed by atoms with Gasteiger partial charge in [0, 0.05) is 6.42 Å². The third-order valence-electron chi connectivity index (χ3n) is 2.49. The molecule has 5 nitrogen and oxygen atoms in total. The van der Waals surface area contributed by atoms with Gasteiger partial charge < -0.3 is 10.8 Å². The van der Waals surface area contributed by atoms with Crippen LogP contribution in [-0.4, -0.2) is 27.0 Å². The predicted molar refractivity (Wildman–Crippen MR) is 67.2 cm³/mol. The van der Waals surface area contributed by atoms with Gasteiger partial charge in [-0.2, -0.15) is 0 Å². The normalized spacial score (nSPS) is 10.9. The first-order valence-corrected chi connectivity index (χ1v) is 6.03. The summed E-state index contributed by atoms with van der Waals surface area (Å²) in [5.74, 6) is -0.296. The quantitative estimate of drug-likeness (QED) is 0.842. The number of pyridine rings is 1. The van der Waals surface area contributed by atoms with E-state index in [1.54, 1.807) is 16.5 Å². The summed E-state index contributed by atoms with van der Waals surface area (Å²) in [6.45, 7) is 0.557. The summed E-state index contributed by atoms with van der Waals surface area (Å²) in [6.07, 6.45) is 1.44. The van der Waals surface area contributed by atoms with Crippen molar-refractivity contribution in [1.82, 2.24) is 9.38 Å². The zero-order valence-electron chi connectivity index (χ0n) is 9.06. The van der Waals surface area contributed by atoms with Crippen LogP contribution in [0.2, 0.25) is 0 Å². The topological polar surface area (TPSA) is 80.6 Å². The second kappa shape index (κ2) is 4.85. The van der Waals surface area contributed by atoms with Gasteiger partial charge in [-0.05, 0) is 41.0 Å². The van der Waals surface area contributed by atoms with Crippen LogP contribution in [-0.2, 0) is 6.42 Å². The number of carboxylic acids is 1. The van der Waals surface area contributed by atoms with Crippen LogP contribution >= 0.6 is 15.9 Å². The summed E-state index contributed by atoms with van der Waals surface area (Å²) in [5, 5.41) is 9.10. The van der Waals surface area contributed by atoms with Crippen molar-refractivity contribution in [3.8, 4) is 0 Å². The van der Waals surface area contributed by atoms with Crippen molar-refractivity contribution >= 4 is 27.4 Å². The lowest BCUT2D eigenvalue weighted by Gasteiger charge is -2.02. The molecular formula is C11H12BrN3O2. The van der Waals surface area contributed by atoms with Crippen molar-refractivity contribution in [1.29, 1.82) is 0 Å². The van der Waals surface area contributed by atoms with Gasteiger partial charge in [0.2, 0.25) is 0 Å². The van der Waals surface area contributed by atoms with E-state index in [1.807, 2.05) is 6.07 Å². The van der Waals surface area contributed by atoms with Crippen LogP contribution in [0.25, 0.3) is 5.52 Å². The maximum atomic E-state index is 11.1. The molecule has 3 N–H and O–H groups in total. The number of imidazole rings is 1. The fourth-order valence-electron chi connectivity index (χ4n) is 1.75. The fourth-order valence-corrected chi connectivity index (χ4v) is 2.30. The van der Waals surface area contributed by atoms with Gasteiger partial charge in [-0.15, -0.1) is 0 Å². The Hall–Kier alpha value is -1.40. The number of aromatic carboxylic acids is 1. The smallest absolute Gasteiger partial charge is 0.356 e. The second-order valence-corrected chi connectivity index (χ2v) is 4.46. The first-order chi connectivity index (χ1) is 8.15. The number of nitrogens with two attached hydrogens (primary N) is 1. The molecule has 2 aromatic heterocycles. The third kappa shape index (κ3) is 2.18. The SMILES string of the molecule is NCCCc1nc(C(=O)O)c2cccc(Br)n12. The number of carbonyl (C=O) groups is 1. The Morgan fingerprint density at radius 2 is 2.29 bits per heavy atom. The van der Waals surface area contributed by atoms with E-state index in [9.17, 15) is 4.79 Å². The Balaban J connectivity index is 2.63. The number of aromatic nitrogens is 2. The molecular weight excluding hydrogens is 286 g/mol. The average molecular weight is 298 g/mol. The molecule has 0 bridgehead atoms.